The fourth-order valence-electron chi connectivity index (χ4n) is 2.47. The van der Waals surface area contributed by atoms with Crippen molar-refractivity contribution in [3.8, 4) is 0 Å². The van der Waals surface area contributed by atoms with Crippen molar-refractivity contribution < 1.29 is 19.1 Å². The lowest BCUT2D eigenvalue weighted by Gasteiger charge is -2.18. The lowest BCUT2D eigenvalue weighted by atomic mass is 10.1. The summed E-state index contributed by atoms with van der Waals surface area (Å²) in [4.78, 5) is 35.8. The van der Waals surface area contributed by atoms with Gasteiger partial charge in [0, 0.05) is 26.6 Å². The Balaban J connectivity index is 2.23. The molecule has 0 saturated heterocycles. The van der Waals surface area contributed by atoms with E-state index >= 15 is 0 Å². The normalized spacial score (nSPS) is 10.3. The molecule has 26 heavy (non-hydrogen) atoms. The van der Waals surface area contributed by atoms with E-state index in [0.717, 1.165) is 24.0 Å². The number of aryl methyl sites for hydroxylation is 2. The Morgan fingerprint density at radius 3 is 2.54 bits per heavy atom. The number of nitrogens with one attached hydrogen (secondary N) is 1. The summed E-state index contributed by atoms with van der Waals surface area (Å²) in [5.41, 5.74) is 8.33. The standard InChI is InChI=1S/C19H29N3O4/c1-14-8-9-16(15(2)11-14)12-22(3)17(23)13-26-18(24)7-5-4-6-10-21-19(20)25/h8-9,11H,4-7,10,12-13H2,1-3H3,(H3,20,21,25). The Morgan fingerprint density at radius 1 is 1.15 bits per heavy atom. The zero-order chi connectivity index (χ0) is 19.5. The van der Waals surface area contributed by atoms with Gasteiger partial charge in [0.25, 0.3) is 5.91 Å². The first-order valence-corrected chi connectivity index (χ1v) is 8.78. The first kappa shape index (κ1) is 21.5. The van der Waals surface area contributed by atoms with Crippen LogP contribution in [0, 0.1) is 13.8 Å². The molecule has 0 saturated carbocycles. The maximum absolute atomic E-state index is 12.1. The van der Waals surface area contributed by atoms with E-state index in [-0.39, 0.29) is 24.9 Å². The van der Waals surface area contributed by atoms with Crippen molar-refractivity contribution in [2.45, 2.75) is 46.1 Å². The molecule has 0 radical (unpaired) electrons. The van der Waals surface area contributed by atoms with Crippen LogP contribution in [0.15, 0.2) is 18.2 Å². The number of primary amides is 1. The average Bonchev–Trinajstić information content (AvgIpc) is 2.57. The van der Waals surface area contributed by atoms with Crippen molar-refractivity contribution in [2.24, 2.45) is 5.73 Å². The first-order valence-electron chi connectivity index (χ1n) is 8.78. The molecule has 0 aliphatic carbocycles. The summed E-state index contributed by atoms with van der Waals surface area (Å²) >= 11 is 0. The number of ether oxygens (including phenoxy) is 1. The number of carbonyl (C=O) groups is 3. The molecule has 0 bridgehead atoms. The molecule has 144 valence electrons. The quantitative estimate of drug-likeness (QED) is 0.490. The molecule has 0 fully saturated rings. The van der Waals surface area contributed by atoms with E-state index in [9.17, 15) is 14.4 Å². The molecule has 1 rings (SSSR count). The molecule has 3 N–H and O–H groups in total. The molecule has 1 aromatic rings. The number of nitrogens with zero attached hydrogens (tertiary/aromatic N) is 1. The van der Waals surface area contributed by atoms with Gasteiger partial charge in [-0.2, -0.15) is 0 Å². The van der Waals surface area contributed by atoms with Gasteiger partial charge in [-0.15, -0.1) is 0 Å². The van der Waals surface area contributed by atoms with Crippen LogP contribution in [-0.4, -0.2) is 43.0 Å². The van der Waals surface area contributed by atoms with Gasteiger partial charge in [-0.25, -0.2) is 4.79 Å². The predicted molar refractivity (Wildman–Crippen MR) is 99.4 cm³/mol. The lowest BCUT2D eigenvalue weighted by molar-refractivity contribution is -0.151. The number of carbonyl (C=O) groups excluding carboxylic acids is 3. The van der Waals surface area contributed by atoms with Crippen molar-refractivity contribution in [2.75, 3.05) is 20.2 Å². The van der Waals surface area contributed by atoms with Crippen molar-refractivity contribution in [1.82, 2.24) is 10.2 Å². The fourth-order valence-corrected chi connectivity index (χ4v) is 2.47. The van der Waals surface area contributed by atoms with E-state index in [2.05, 4.69) is 11.4 Å². The highest BCUT2D eigenvalue weighted by molar-refractivity contribution is 5.80. The van der Waals surface area contributed by atoms with Gasteiger partial charge < -0.3 is 20.7 Å². The van der Waals surface area contributed by atoms with Crippen LogP contribution < -0.4 is 11.1 Å². The second-order valence-electron chi connectivity index (χ2n) is 6.44. The van der Waals surface area contributed by atoms with Gasteiger partial charge in [0.2, 0.25) is 0 Å². The van der Waals surface area contributed by atoms with Gasteiger partial charge in [-0.1, -0.05) is 30.2 Å². The van der Waals surface area contributed by atoms with Gasteiger partial charge in [0.1, 0.15) is 0 Å². The van der Waals surface area contributed by atoms with E-state index in [1.807, 2.05) is 26.0 Å². The molecule has 7 nitrogen and oxygen atoms in total. The van der Waals surface area contributed by atoms with Crippen LogP contribution >= 0.6 is 0 Å². The Morgan fingerprint density at radius 2 is 1.88 bits per heavy atom. The van der Waals surface area contributed by atoms with Crippen LogP contribution in [0.2, 0.25) is 0 Å². The van der Waals surface area contributed by atoms with E-state index in [1.165, 1.54) is 5.56 Å². The summed E-state index contributed by atoms with van der Waals surface area (Å²) in [6.45, 7) is 4.77. The maximum atomic E-state index is 12.1. The van der Waals surface area contributed by atoms with E-state index in [1.54, 1.807) is 11.9 Å². The van der Waals surface area contributed by atoms with Gasteiger partial charge in [0.05, 0.1) is 0 Å². The van der Waals surface area contributed by atoms with Crippen molar-refractivity contribution in [3.63, 3.8) is 0 Å². The fraction of sp³-hybridized carbons (Fsp3) is 0.526. The smallest absolute Gasteiger partial charge is 0.312 e. The zero-order valence-corrected chi connectivity index (χ0v) is 15.8. The van der Waals surface area contributed by atoms with E-state index < -0.39 is 6.03 Å². The van der Waals surface area contributed by atoms with Crippen LogP contribution in [-0.2, 0) is 20.9 Å². The highest BCUT2D eigenvalue weighted by Crippen LogP contribution is 2.12. The molecular formula is C19H29N3O4. The number of benzene rings is 1. The molecular weight excluding hydrogens is 334 g/mol. The van der Waals surface area contributed by atoms with Crippen LogP contribution in [0.4, 0.5) is 4.79 Å². The number of unbranched alkanes of at least 4 members (excludes halogenated alkanes) is 2. The second kappa shape index (κ2) is 11.1. The molecule has 0 aromatic heterocycles. The van der Waals surface area contributed by atoms with Gasteiger partial charge in [-0.05, 0) is 37.8 Å². The summed E-state index contributed by atoms with van der Waals surface area (Å²) in [7, 11) is 1.70. The Hall–Kier alpha value is -2.57. The number of hydrogen-bond donors (Lipinski definition) is 2. The topological polar surface area (TPSA) is 102 Å². The third kappa shape index (κ3) is 8.50. The SMILES string of the molecule is Cc1ccc(CN(C)C(=O)COC(=O)CCCCCNC(N)=O)c(C)c1. The van der Waals surface area contributed by atoms with Crippen LogP contribution in [0.1, 0.15) is 42.4 Å². The zero-order valence-electron chi connectivity index (χ0n) is 15.8. The highest BCUT2D eigenvalue weighted by atomic mass is 16.5. The molecule has 0 unspecified atom stereocenters. The largest absolute Gasteiger partial charge is 0.456 e. The summed E-state index contributed by atoms with van der Waals surface area (Å²) in [6.07, 6.45) is 2.42. The monoisotopic (exact) mass is 363 g/mol. The summed E-state index contributed by atoms with van der Waals surface area (Å²) in [6, 6.07) is 5.55. The van der Waals surface area contributed by atoms with Crippen LogP contribution in [0.25, 0.3) is 0 Å². The molecule has 0 spiro atoms. The summed E-state index contributed by atoms with van der Waals surface area (Å²) in [5, 5.41) is 2.49. The minimum absolute atomic E-state index is 0.232. The Kier molecular flexibility index (Phi) is 9.19. The second-order valence-corrected chi connectivity index (χ2v) is 6.44. The van der Waals surface area contributed by atoms with E-state index in [4.69, 9.17) is 10.5 Å². The molecule has 1 aromatic carbocycles. The van der Waals surface area contributed by atoms with Gasteiger partial charge in [-0.3, -0.25) is 9.59 Å². The molecule has 0 aliphatic rings. The number of hydrogen-bond acceptors (Lipinski definition) is 4. The van der Waals surface area contributed by atoms with E-state index in [0.29, 0.717) is 19.5 Å². The molecule has 3 amide bonds. The van der Waals surface area contributed by atoms with Crippen LogP contribution in [0.5, 0.6) is 0 Å². The molecule has 0 atom stereocenters. The summed E-state index contributed by atoms with van der Waals surface area (Å²) < 4.78 is 5.04. The Bertz CT molecular complexity index is 631. The van der Waals surface area contributed by atoms with Crippen molar-refractivity contribution >= 4 is 17.9 Å². The third-order valence-corrected chi connectivity index (χ3v) is 4.04. The number of urea groups is 1. The van der Waals surface area contributed by atoms with Crippen LogP contribution in [0.3, 0.4) is 0 Å². The van der Waals surface area contributed by atoms with Crippen molar-refractivity contribution in [1.29, 1.82) is 0 Å². The molecule has 0 heterocycles. The third-order valence-electron chi connectivity index (χ3n) is 4.04. The first-order chi connectivity index (χ1) is 12.3. The number of likely N-dealkylation sites (N-methyl/N-ethyl adjacent to an activating group) is 1. The number of rotatable bonds is 10. The molecule has 7 heteroatoms. The lowest BCUT2D eigenvalue weighted by Crippen LogP contribution is -2.31. The van der Waals surface area contributed by atoms with Gasteiger partial charge >= 0.3 is 12.0 Å². The Labute approximate surface area is 154 Å². The predicted octanol–water partition coefficient (Wildman–Crippen LogP) is 2.03. The maximum Gasteiger partial charge on any atom is 0.312 e. The minimum Gasteiger partial charge on any atom is -0.456 e. The minimum atomic E-state index is -0.548. The average molecular weight is 363 g/mol. The summed E-state index contributed by atoms with van der Waals surface area (Å²) in [5.74, 6) is -0.620. The van der Waals surface area contributed by atoms with Gasteiger partial charge in [0.15, 0.2) is 6.61 Å². The van der Waals surface area contributed by atoms with Crippen molar-refractivity contribution in [3.05, 3.63) is 34.9 Å². The molecule has 0 aliphatic heterocycles. The highest BCUT2D eigenvalue weighted by Gasteiger charge is 2.13. The number of esters is 1. The number of amides is 3. The number of nitrogens with two attached hydrogens (primary N) is 1.